The number of benzene rings is 3. The van der Waals surface area contributed by atoms with Crippen molar-refractivity contribution in [1.29, 1.82) is 0 Å². The van der Waals surface area contributed by atoms with E-state index in [4.69, 9.17) is 19.7 Å². The quantitative estimate of drug-likeness (QED) is 0.289. The highest BCUT2D eigenvalue weighted by Gasteiger charge is 2.28. The molecule has 6 rings (SSSR count). The van der Waals surface area contributed by atoms with E-state index in [1.165, 1.54) is 53.5 Å². The summed E-state index contributed by atoms with van der Waals surface area (Å²) in [7, 11) is 0. The molecule has 1 atom stereocenters. The van der Waals surface area contributed by atoms with Gasteiger partial charge < -0.3 is 10.2 Å². The summed E-state index contributed by atoms with van der Waals surface area (Å²) in [6, 6.07) is 13.3. The minimum Gasteiger partial charge on any atom is -0.458 e. The van der Waals surface area contributed by atoms with Crippen LogP contribution in [0.4, 0.5) is 19.0 Å². The topological polar surface area (TPSA) is 134 Å². The Bertz CT molecular complexity index is 2080. The highest BCUT2D eigenvalue weighted by atomic mass is 19.1. The highest BCUT2D eigenvalue weighted by molar-refractivity contribution is 5.98. The van der Waals surface area contributed by atoms with Gasteiger partial charge in [-0.1, -0.05) is 24.3 Å². The molecule has 0 bridgehead atoms. The van der Waals surface area contributed by atoms with E-state index < -0.39 is 28.9 Å². The number of carbonyl (C=O) groups excluding carboxylic acids is 2. The minimum absolute atomic E-state index is 0.0115. The number of nitrogens with zero attached hydrogens (tertiary/aromatic N) is 4. The summed E-state index contributed by atoms with van der Waals surface area (Å²) in [6.07, 6.45) is 1.50. The number of anilines is 1. The monoisotopic (exact) mass is 571 g/mol. The molecule has 0 aliphatic rings. The Hall–Kier alpha value is -5.61. The maximum Gasteiger partial charge on any atom is 0.373 e. The van der Waals surface area contributed by atoms with Crippen LogP contribution >= 0.6 is 0 Å². The highest BCUT2D eigenvalue weighted by Crippen LogP contribution is 2.37. The van der Waals surface area contributed by atoms with Gasteiger partial charge in [0.2, 0.25) is 5.43 Å². The van der Waals surface area contributed by atoms with Crippen molar-refractivity contribution in [3.05, 3.63) is 106 Å². The minimum atomic E-state index is -0.845. The number of halogens is 3. The molecule has 3 aromatic heterocycles. The first-order valence-corrected chi connectivity index (χ1v) is 12.4. The van der Waals surface area contributed by atoms with Crippen LogP contribution in [0.1, 0.15) is 24.3 Å². The Labute approximate surface area is 235 Å². The molecule has 2 N–H and O–H groups in total. The van der Waals surface area contributed by atoms with E-state index in [9.17, 15) is 13.6 Å². The normalized spacial score (nSPS) is 11.6. The van der Waals surface area contributed by atoms with E-state index in [2.05, 4.69) is 15.1 Å². The molecular weight excluding hydrogens is 551 g/mol. The zero-order valence-corrected chi connectivity index (χ0v) is 22.1. The van der Waals surface area contributed by atoms with E-state index in [1.807, 2.05) is 0 Å². The van der Waals surface area contributed by atoms with Gasteiger partial charge in [-0.25, -0.2) is 27.8 Å². The Kier molecular flexibility index (Phi) is 7.39. The zero-order chi connectivity index (χ0) is 30.1. The molecule has 0 spiro atoms. The number of nitrogens with two attached hydrogens (primary N) is 1. The Balaban J connectivity index is 0.00000113. The van der Waals surface area contributed by atoms with Gasteiger partial charge in [-0.05, 0) is 61.4 Å². The molecule has 12 heteroatoms. The van der Waals surface area contributed by atoms with Crippen LogP contribution in [0.2, 0.25) is 0 Å². The molecule has 0 fully saturated rings. The fourth-order valence-corrected chi connectivity index (χ4v) is 4.80. The summed E-state index contributed by atoms with van der Waals surface area (Å²) in [5, 5.41) is 4.71. The fourth-order valence-electron chi connectivity index (χ4n) is 4.80. The molecule has 0 saturated carbocycles. The van der Waals surface area contributed by atoms with Crippen molar-refractivity contribution < 1.29 is 27.2 Å². The lowest BCUT2D eigenvalue weighted by Gasteiger charge is -2.17. The number of rotatable bonds is 4. The molecule has 0 aliphatic heterocycles. The first-order chi connectivity index (χ1) is 20.2. The third-order valence-corrected chi connectivity index (χ3v) is 6.65. The van der Waals surface area contributed by atoms with Crippen LogP contribution in [0.5, 0.6) is 0 Å². The Morgan fingerprint density at radius 3 is 2.40 bits per heavy atom. The molecule has 9 nitrogen and oxygen atoms in total. The summed E-state index contributed by atoms with van der Waals surface area (Å²) >= 11 is 0. The molecule has 3 aromatic carbocycles. The smallest absolute Gasteiger partial charge is 0.373 e. The fraction of sp³-hybridized carbons (Fsp3) is 0.100. The first-order valence-electron chi connectivity index (χ1n) is 12.4. The lowest BCUT2D eigenvalue weighted by molar-refractivity contribution is -0.191. The molecule has 1 unspecified atom stereocenters. The SMILES string of the molecule is Cc1ccc(-c2nn(C(C)c3oc4cccc(F)c4c(=O)c3-c3cccc(F)c3)c3ncnc(N)c23)c(F)c1.O=C=O. The Morgan fingerprint density at radius 1 is 0.952 bits per heavy atom. The third-order valence-electron chi connectivity index (χ3n) is 6.65. The summed E-state index contributed by atoms with van der Waals surface area (Å²) in [4.78, 5) is 38.3. The predicted molar refractivity (Wildman–Crippen MR) is 147 cm³/mol. The standard InChI is InChI=1S/C29H20F3N5O2.CO2/c1-14-9-10-18(20(32)11-14)25-24-28(33)34-13-35-29(24)37(36-25)15(2)27-22(16-5-3-6-17(30)12-16)26(38)23-19(31)7-4-8-21(23)39-27;2-1-3/h3-13,15H,1-2H3,(H2,33,34,35);. The number of nitrogen functional groups attached to an aromatic ring is 1. The van der Waals surface area contributed by atoms with Crippen LogP contribution in [-0.2, 0) is 9.59 Å². The van der Waals surface area contributed by atoms with E-state index in [0.717, 1.165) is 11.6 Å². The second-order valence-corrected chi connectivity index (χ2v) is 9.29. The number of fused-ring (bicyclic) bond motifs is 2. The van der Waals surface area contributed by atoms with Gasteiger partial charge in [-0.3, -0.25) is 4.79 Å². The lowest BCUT2D eigenvalue weighted by atomic mass is 9.99. The van der Waals surface area contributed by atoms with Crippen LogP contribution in [-0.4, -0.2) is 25.9 Å². The van der Waals surface area contributed by atoms with Crippen molar-refractivity contribution in [3.8, 4) is 22.4 Å². The van der Waals surface area contributed by atoms with Crippen LogP contribution in [0, 0.1) is 24.4 Å². The second-order valence-electron chi connectivity index (χ2n) is 9.29. The second kappa shape index (κ2) is 11.1. The van der Waals surface area contributed by atoms with E-state index in [-0.39, 0.29) is 56.7 Å². The maximum absolute atomic E-state index is 15.1. The van der Waals surface area contributed by atoms with Crippen LogP contribution < -0.4 is 11.2 Å². The van der Waals surface area contributed by atoms with Gasteiger partial charge >= 0.3 is 6.15 Å². The maximum atomic E-state index is 15.1. The van der Waals surface area contributed by atoms with E-state index in [0.29, 0.717) is 5.39 Å². The van der Waals surface area contributed by atoms with Gasteiger partial charge in [0.25, 0.3) is 0 Å². The van der Waals surface area contributed by atoms with Gasteiger partial charge in [0.1, 0.15) is 58.1 Å². The van der Waals surface area contributed by atoms with Crippen molar-refractivity contribution in [2.45, 2.75) is 19.9 Å². The first kappa shape index (κ1) is 27.9. The van der Waals surface area contributed by atoms with Crippen LogP contribution in [0.3, 0.4) is 0 Å². The predicted octanol–water partition coefficient (Wildman–Crippen LogP) is 5.60. The van der Waals surface area contributed by atoms with Gasteiger partial charge in [0.15, 0.2) is 5.65 Å². The largest absolute Gasteiger partial charge is 0.458 e. The van der Waals surface area contributed by atoms with Gasteiger partial charge in [-0.15, -0.1) is 0 Å². The molecule has 3 heterocycles. The molecule has 210 valence electrons. The molecule has 42 heavy (non-hydrogen) atoms. The van der Waals surface area contributed by atoms with Crippen LogP contribution in [0.15, 0.2) is 76.2 Å². The van der Waals surface area contributed by atoms with Crippen molar-refractivity contribution in [3.63, 3.8) is 0 Å². The molecule has 0 saturated heterocycles. The average molecular weight is 572 g/mol. The van der Waals surface area contributed by atoms with E-state index in [1.54, 1.807) is 26.0 Å². The molecule has 0 aliphatic carbocycles. The average Bonchev–Trinajstić information content (AvgIpc) is 3.33. The van der Waals surface area contributed by atoms with Crippen molar-refractivity contribution >= 4 is 34.0 Å². The zero-order valence-electron chi connectivity index (χ0n) is 22.1. The lowest BCUT2D eigenvalue weighted by Crippen LogP contribution is -2.17. The van der Waals surface area contributed by atoms with Crippen molar-refractivity contribution in [2.24, 2.45) is 0 Å². The van der Waals surface area contributed by atoms with Crippen LogP contribution in [0.25, 0.3) is 44.4 Å². The van der Waals surface area contributed by atoms with Crippen molar-refractivity contribution in [2.75, 3.05) is 5.73 Å². The van der Waals surface area contributed by atoms with E-state index >= 15 is 4.39 Å². The summed E-state index contributed by atoms with van der Waals surface area (Å²) in [5.41, 5.74) is 7.08. The molecular formula is C30H20F3N5O4. The summed E-state index contributed by atoms with van der Waals surface area (Å²) < 4.78 is 51.6. The number of hydrogen-bond donors (Lipinski definition) is 1. The number of hydrogen-bond acceptors (Lipinski definition) is 8. The van der Waals surface area contributed by atoms with Gasteiger partial charge in [0, 0.05) is 5.56 Å². The van der Waals surface area contributed by atoms with Gasteiger partial charge in [0.05, 0.1) is 10.9 Å². The van der Waals surface area contributed by atoms with Gasteiger partial charge in [-0.2, -0.15) is 14.7 Å². The third kappa shape index (κ3) is 4.80. The molecule has 6 aromatic rings. The van der Waals surface area contributed by atoms with Crippen molar-refractivity contribution in [1.82, 2.24) is 19.7 Å². The molecule has 0 radical (unpaired) electrons. The number of aromatic nitrogens is 4. The Morgan fingerprint density at radius 2 is 1.69 bits per heavy atom. The summed E-state index contributed by atoms with van der Waals surface area (Å²) in [6.45, 7) is 3.45. The number of aryl methyl sites for hydroxylation is 1. The summed E-state index contributed by atoms with van der Waals surface area (Å²) in [5.74, 6) is -1.69. The molecule has 0 amide bonds.